The molecule has 0 aromatic heterocycles. The molecule has 0 radical (unpaired) electrons. The average molecular weight is 384 g/mol. The number of hydrogen-bond acceptors (Lipinski definition) is 3. The first-order valence-corrected chi connectivity index (χ1v) is 9.24. The van der Waals surface area contributed by atoms with E-state index in [2.05, 4.69) is 35.0 Å². The summed E-state index contributed by atoms with van der Waals surface area (Å²) in [5.41, 5.74) is 7.11. The maximum Gasteiger partial charge on any atom is 0.245 e. The van der Waals surface area contributed by atoms with Crippen molar-refractivity contribution in [3.8, 4) is 0 Å². The van der Waals surface area contributed by atoms with Gasteiger partial charge in [-0.05, 0) is 42.7 Å². The minimum absolute atomic E-state index is 0.0301. The molecule has 0 saturated heterocycles. The highest BCUT2D eigenvalue weighted by molar-refractivity contribution is 6.30. The fourth-order valence-electron chi connectivity index (χ4n) is 2.79. The SMILES string of the molecule is Cc1ccc(CCNC(=O)CN2NC(c3ccc(Cl)cc3)=CCC2=O)cc1. The van der Waals surface area contributed by atoms with Crippen LogP contribution >= 0.6 is 11.6 Å². The van der Waals surface area contributed by atoms with Crippen molar-refractivity contribution in [1.82, 2.24) is 15.8 Å². The highest BCUT2D eigenvalue weighted by atomic mass is 35.5. The van der Waals surface area contributed by atoms with Gasteiger partial charge in [0.1, 0.15) is 6.54 Å². The number of aryl methyl sites for hydroxylation is 1. The van der Waals surface area contributed by atoms with Crippen LogP contribution in [0.4, 0.5) is 0 Å². The zero-order chi connectivity index (χ0) is 19.2. The van der Waals surface area contributed by atoms with Gasteiger partial charge in [-0.25, -0.2) is 5.01 Å². The Labute approximate surface area is 164 Å². The van der Waals surface area contributed by atoms with E-state index in [4.69, 9.17) is 11.6 Å². The minimum atomic E-state index is -0.194. The molecule has 1 aliphatic rings. The summed E-state index contributed by atoms with van der Waals surface area (Å²) in [4.78, 5) is 24.3. The van der Waals surface area contributed by atoms with Gasteiger partial charge < -0.3 is 5.32 Å². The van der Waals surface area contributed by atoms with Gasteiger partial charge in [-0.15, -0.1) is 0 Å². The van der Waals surface area contributed by atoms with Crippen molar-refractivity contribution in [3.05, 3.63) is 76.3 Å². The number of carbonyl (C=O) groups is 2. The van der Waals surface area contributed by atoms with E-state index in [1.165, 1.54) is 16.1 Å². The van der Waals surface area contributed by atoms with Crippen molar-refractivity contribution in [3.63, 3.8) is 0 Å². The monoisotopic (exact) mass is 383 g/mol. The van der Waals surface area contributed by atoms with E-state index in [9.17, 15) is 9.59 Å². The molecule has 2 amide bonds. The van der Waals surface area contributed by atoms with Crippen LogP contribution in [0.25, 0.3) is 5.70 Å². The summed E-state index contributed by atoms with van der Waals surface area (Å²) >= 11 is 5.91. The lowest BCUT2D eigenvalue weighted by atomic mass is 10.1. The number of hydrazine groups is 1. The van der Waals surface area contributed by atoms with Gasteiger partial charge in [0.25, 0.3) is 0 Å². The smallest absolute Gasteiger partial charge is 0.245 e. The minimum Gasteiger partial charge on any atom is -0.354 e. The predicted octanol–water partition coefficient (Wildman–Crippen LogP) is 3.09. The third-order valence-corrected chi connectivity index (χ3v) is 4.60. The van der Waals surface area contributed by atoms with Gasteiger partial charge >= 0.3 is 0 Å². The first kappa shape index (κ1) is 19.0. The van der Waals surface area contributed by atoms with Crippen LogP contribution in [0, 0.1) is 6.92 Å². The Morgan fingerprint density at radius 1 is 1.15 bits per heavy atom. The fourth-order valence-corrected chi connectivity index (χ4v) is 2.92. The molecule has 2 aromatic carbocycles. The van der Waals surface area contributed by atoms with Crippen LogP contribution in [0.5, 0.6) is 0 Å². The van der Waals surface area contributed by atoms with Crippen LogP contribution in [0.2, 0.25) is 5.02 Å². The van der Waals surface area contributed by atoms with Crippen LogP contribution in [-0.4, -0.2) is 29.9 Å². The van der Waals surface area contributed by atoms with E-state index in [1.807, 2.05) is 25.1 Å². The lowest BCUT2D eigenvalue weighted by molar-refractivity contribution is -0.137. The van der Waals surface area contributed by atoms with Gasteiger partial charge in [0.2, 0.25) is 11.8 Å². The summed E-state index contributed by atoms with van der Waals surface area (Å²) in [5.74, 6) is -0.332. The topological polar surface area (TPSA) is 61.4 Å². The van der Waals surface area contributed by atoms with E-state index in [1.54, 1.807) is 12.1 Å². The fraction of sp³-hybridized carbons (Fsp3) is 0.238. The predicted molar refractivity (Wildman–Crippen MR) is 107 cm³/mol. The lowest BCUT2D eigenvalue weighted by Crippen LogP contribution is -2.49. The highest BCUT2D eigenvalue weighted by Gasteiger charge is 2.21. The molecular weight excluding hydrogens is 362 g/mol. The lowest BCUT2D eigenvalue weighted by Gasteiger charge is -2.28. The third-order valence-electron chi connectivity index (χ3n) is 4.35. The largest absolute Gasteiger partial charge is 0.354 e. The summed E-state index contributed by atoms with van der Waals surface area (Å²) in [6.45, 7) is 2.54. The van der Waals surface area contributed by atoms with Crippen molar-refractivity contribution in [2.75, 3.05) is 13.1 Å². The van der Waals surface area contributed by atoms with E-state index in [0.29, 0.717) is 11.6 Å². The summed E-state index contributed by atoms with van der Waals surface area (Å²) in [7, 11) is 0. The Morgan fingerprint density at radius 3 is 2.56 bits per heavy atom. The second-order valence-corrected chi connectivity index (χ2v) is 6.94. The molecule has 5 nitrogen and oxygen atoms in total. The number of rotatable bonds is 6. The maximum absolute atomic E-state index is 12.2. The average Bonchev–Trinajstić information content (AvgIpc) is 2.66. The normalized spacial score (nSPS) is 13.8. The number of halogens is 1. The molecule has 0 aliphatic carbocycles. The van der Waals surface area contributed by atoms with Crippen molar-refractivity contribution >= 4 is 29.1 Å². The first-order valence-electron chi connectivity index (χ1n) is 8.86. The molecule has 2 N–H and O–H groups in total. The summed E-state index contributed by atoms with van der Waals surface area (Å²) < 4.78 is 0. The van der Waals surface area contributed by atoms with E-state index < -0.39 is 0 Å². The van der Waals surface area contributed by atoms with Gasteiger partial charge in [-0.2, -0.15) is 0 Å². The van der Waals surface area contributed by atoms with Crippen LogP contribution in [0.3, 0.4) is 0 Å². The number of nitrogens with one attached hydrogen (secondary N) is 2. The highest BCUT2D eigenvalue weighted by Crippen LogP contribution is 2.19. The van der Waals surface area contributed by atoms with Crippen molar-refractivity contribution < 1.29 is 9.59 Å². The molecule has 3 rings (SSSR count). The number of amides is 2. The zero-order valence-corrected chi connectivity index (χ0v) is 15.9. The second kappa shape index (κ2) is 8.73. The standard InChI is InChI=1S/C21H22ClN3O2/c1-15-2-4-16(5-3-15)12-13-23-20(26)14-25-21(27)11-10-19(24-25)17-6-8-18(22)9-7-17/h2-10,24H,11-14H2,1H3,(H,23,26). The molecule has 0 unspecified atom stereocenters. The molecule has 1 aliphatic heterocycles. The molecule has 0 fully saturated rings. The van der Waals surface area contributed by atoms with Crippen molar-refractivity contribution in [2.45, 2.75) is 19.8 Å². The molecule has 27 heavy (non-hydrogen) atoms. The Morgan fingerprint density at radius 2 is 1.85 bits per heavy atom. The summed E-state index contributed by atoms with van der Waals surface area (Å²) in [6.07, 6.45) is 2.82. The van der Waals surface area contributed by atoms with Crippen LogP contribution in [-0.2, 0) is 16.0 Å². The quantitative estimate of drug-likeness (QED) is 0.805. The van der Waals surface area contributed by atoms with Gasteiger partial charge in [0.15, 0.2) is 0 Å². The van der Waals surface area contributed by atoms with Gasteiger partial charge in [-0.1, -0.05) is 53.6 Å². The van der Waals surface area contributed by atoms with E-state index in [-0.39, 0.29) is 24.8 Å². The van der Waals surface area contributed by atoms with Gasteiger partial charge in [0, 0.05) is 18.0 Å². The Balaban J connectivity index is 1.51. The van der Waals surface area contributed by atoms with Gasteiger partial charge in [-0.3, -0.25) is 15.0 Å². The molecule has 0 atom stereocenters. The van der Waals surface area contributed by atoms with Crippen LogP contribution in [0.15, 0.2) is 54.6 Å². The third kappa shape index (κ3) is 5.34. The van der Waals surface area contributed by atoms with E-state index >= 15 is 0 Å². The molecule has 0 bridgehead atoms. The molecule has 0 saturated carbocycles. The summed E-state index contributed by atoms with van der Waals surface area (Å²) in [5, 5.41) is 4.87. The number of benzene rings is 2. The zero-order valence-electron chi connectivity index (χ0n) is 15.2. The molecule has 1 heterocycles. The molecule has 0 spiro atoms. The molecular formula is C21H22ClN3O2. The molecule has 2 aromatic rings. The van der Waals surface area contributed by atoms with Crippen molar-refractivity contribution in [1.29, 1.82) is 0 Å². The van der Waals surface area contributed by atoms with Crippen molar-refractivity contribution in [2.24, 2.45) is 0 Å². The number of nitrogens with zero attached hydrogens (tertiary/aromatic N) is 1. The Kier molecular flexibility index (Phi) is 6.14. The van der Waals surface area contributed by atoms with Crippen LogP contribution < -0.4 is 10.7 Å². The Hall–Kier alpha value is -2.79. The van der Waals surface area contributed by atoms with Crippen LogP contribution in [0.1, 0.15) is 23.1 Å². The Bertz CT molecular complexity index is 845. The van der Waals surface area contributed by atoms with E-state index in [0.717, 1.165) is 17.7 Å². The summed E-state index contributed by atoms with van der Waals surface area (Å²) in [6, 6.07) is 15.5. The number of carbonyl (C=O) groups excluding carboxylic acids is 2. The first-order chi connectivity index (χ1) is 13.0. The molecule has 140 valence electrons. The van der Waals surface area contributed by atoms with Gasteiger partial charge in [0.05, 0.1) is 5.70 Å². The second-order valence-electron chi connectivity index (χ2n) is 6.51. The molecule has 6 heteroatoms. The maximum atomic E-state index is 12.2. The number of hydrogen-bond donors (Lipinski definition) is 2.